The van der Waals surface area contributed by atoms with Crippen LogP contribution in [0, 0.1) is 17.3 Å². The van der Waals surface area contributed by atoms with Crippen LogP contribution in [0.3, 0.4) is 0 Å². The SMILES string of the molecule is [B]CCCCN(CC(=O)NCCOc1ccc2c(c1)CCC1C2CCC2(C)C(OCCCOC(C(F)(F)F)(C(F)(F)F)C(F)(F)F)CCC12)C1CCSSC1. The van der Waals surface area contributed by atoms with Gasteiger partial charge in [0.25, 0.3) is 0 Å². The highest BCUT2D eigenvalue weighted by molar-refractivity contribution is 8.76. The zero-order valence-corrected chi connectivity index (χ0v) is 32.6. The fraction of sp³-hybridized carbons (Fsp3) is 0.811. The first kappa shape index (κ1) is 44.6. The minimum Gasteiger partial charge on any atom is -0.492 e. The molecular formula is C37H50BF9N2O4S2. The molecule has 4 aliphatic rings. The van der Waals surface area contributed by atoms with E-state index in [2.05, 4.69) is 34.0 Å². The summed E-state index contributed by atoms with van der Waals surface area (Å²) in [5.74, 6) is 3.76. The normalized spacial score (nSPS) is 27.4. The molecule has 1 heterocycles. The van der Waals surface area contributed by atoms with Crippen molar-refractivity contribution in [2.24, 2.45) is 17.3 Å². The molecule has 0 aromatic heterocycles. The number of nitrogens with one attached hydrogen (secondary N) is 1. The summed E-state index contributed by atoms with van der Waals surface area (Å²) in [7, 11) is 9.41. The van der Waals surface area contributed by atoms with Crippen molar-refractivity contribution in [2.75, 3.05) is 51.0 Å². The average molecular weight is 833 g/mol. The maximum atomic E-state index is 13.2. The number of aryl methyl sites for hydroxylation is 1. The number of fused-ring (bicyclic) bond motifs is 5. The lowest BCUT2D eigenvalue weighted by molar-refractivity contribution is -0.457. The van der Waals surface area contributed by atoms with Gasteiger partial charge in [0.2, 0.25) is 5.91 Å². The number of benzene rings is 1. The summed E-state index contributed by atoms with van der Waals surface area (Å²) in [6.07, 6.45) is -12.6. The van der Waals surface area contributed by atoms with Gasteiger partial charge in [-0.1, -0.05) is 47.3 Å². The van der Waals surface area contributed by atoms with Crippen molar-refractivity contribution in [3.05, 3.63) is 29.3 Å². The third-order valence-corrected chi connectivity index (χ3v) is 14.6. The van der Waals surface area contributed by atoms with E-state index in [9.17, 15) is 44.3 Å². The first-order valence-corrected chi connectivity index (χ1v) is 21.6. The molecule has 1 aromatic rings. The number of hydrogen-bond donors (Lipinski definition) is 1. The molecule has 1 aliphatic heterocycles. The number of nitrogens with zero attached hydrogens (tertiary/aromatic N) is 1. The molecule has 1 saturated heterocycles. The lowest BCUT2D eigenvalue weighted by atomic mass is 9.55. The molecule has 310 valence electrons. The summed E-state index contributed by atoms with van der Waals surface area (Å²) in [6.45, 7) is 2.27. The second-order valence-corrected chi connectivity index (χ2v) is 18.0. The van der Waals surface area contributed by atoms with E-state index in [4.69, 9.17) is 17.3 Å². The summed E-state index contributed by atoms with van der Waals surface area (Å²) < 4.78 is 134. The van der Waals surface area contributed by atoms with Crippen LogP contribution in [-0.4, -0.2) is 106 Å². The average Bonchev–Trinajstić information content (AvgIpc) is 3.45. The molecule has 5 rings (SSSR count). The number of carbonyl (C=O) groups excluding carboxylic acids is 1. The molecule has 3 aliphatic carbocycles. The zero-order valence-electron chi connectivity index (χ0n) is 30.9. The van der Waals surface area contributed by atoms with Crippen LogP contribution < -0.4 is 10.1 Å². The lowest BCUT2D eigenvalue weighted by Crippen LogP contribution is -2.67. The van der Waals surface area contributed by atoms with Gasteiger partial charge in [0, 0.05) is 24.2 Å². The molecule has 1 amide bonds. The molecule has 3 fully saturated rings. The van der Waals surface area contributed by atoms with Crippen LogP contribution in [0.15, 0.2) is 18.2 Å². The van der Waals surface area contributed by atoms with Gasteiger partial charge in [0.1, 0.15) is 12.4 Å². The minimum absolute atomic E-state index is 0.0206. The van der Waals surface area contributed by atoms with Crippen molar-refractivity contribution < 1.29 is 58.5 Å². The molecule has 6 atom stereocenters. The van der Waals surface area contributed by atoms with Gasteiger partial charge in [-0.2, -0.15) is 39.5 Å². The first-order valence-electron chi connectivity index (χ1n) is 19.1. The number of alkyl halides is 9. The highest BCUT2D eigenvalue weighted by Crippen LogP contribution is 2.62. The molecule has 6 nitrogen and oxygen atoms in total. The Morgan fingerprint density at radius 1 is 0.927 bits per heavy atom. The van der Waals surface area contributed by atoms with E-state index < -0.39 is 37.2 Å². The first-order chi connectivity index (χ1) is 25.9. The molecule has 2 saturated carbocycles. The van der Waals surface area contributed by atoms with E-state index in [1.807, 2.05) is 27.7 Å². The van der Waals surface area contributed by atoms with Crippen molar-refractivity contribution in [1.29, 1.82) is 0 Å². The van der Waals surface area contributed by atoms with E-state index >= 15 is 0 Å². The maximum Gasteiger partial charge on any atom is 0.435 e. The zero-order chi connectivity index (χ0) is 40.1. The minimum atomic E-state index is -6.75. The maximum absolute atomic E-state index is 13.2. The van der Waals surface area contributed by atoms with Gasteiger partial charge in [-0.25, -0.2) is 0 Å². The van der Waals surface area contributed by atoms with Crippen molar-refractivity contribution in [2.45, 2.75) is 120 Å². The van der Waals surface area contributed by atoms with Crippen LogP contribution in [0.2, 0.25) is 6.32 Å². The number of rotatable bonds is 17. The van der Waals surface area contributed by atoms with Crippen molar-refractivity contribution in [1.82, 2.24) is 10.2 Å². The number of hydrogen-bond acceptors (Lipinski definition) is 7. The van der Waals surface area contributed by atoms with Crippen LogP contribution >= 0.6 is 21.6 Å². The van der Waals surface area contributed by atoms with Gasteiger partial charge >= 0.3 is 24.1 Å². The van der Waals surface area contributed by atoms with Crippen LogP contribution in [0.1, 0.15) is 81.8 Å². The Labute approximate surface area is 326 Å². The van der Waals surface area contributed by atoms with Gasteiger partial charge in [0.15, 0.2) is 0 Å². The highest BCUT2D eigenvalue weighted by Gasteiger charge is 2.85. The number of ether oxygens (including phenoxy) is 3. The predicted octanol–water partition coefficient (Wildman–Crippen LogP) is 9.08. The third-order valence-electron chi connectivity index (χ3n) is 12.1. The Kier molecular flexibility index (Phi) is 15.1. The Bertz CT molecular complexity index is 1380. The summed E-state index contributed by atoms with van der Waals surface area (Å²) in [4.78, 5) is 15.1. The molecule has 6 unspecified atom stereocenters. The molecular weight excluding hydrogens is 782 g/mol. The van der Waals surface area contributed by atoms with Crippen LogP contribution in [0.5, 0.6) is 5.75 Å². The van der Waals surface area contributed by atoms with Gasteiger partial charge in [0.05, 0.1) is 33.6 Å². The quantitative estimate of drug-likeness (QED) is 0.0728. The number of unbranched alkanes of at least 4 members (excludes halogenated alkanes) is 1. The van der Waals surface area contributed by atoms with Crippen molar-refractivity contribution >= 4 is 35.3 Å². The monoisotopic (exact) mass is 832 g/mol. The van der Waals surface area contributed by atoms with E-state index in [0.29, 0.717) is 50.3 Å². The third kappa shape index (κ3) is 10.0. The molecule has 0 spiro atoms. The Balaban J connectivity index is 1.08. The molecule has 1 N–H and O–H groups in total. The molecule has 55 heavy (non-hydrogen) atoms. The predicted molar refractivity (Wildman–Crippen MR) is 195 cm³/mol. The lowest BCUT2D eigenvalue weighted by Gasteiger charge is -2.50. The molecule has 1 aromatic carbocycles. The largest absolute Gasteiger partial charge is 0.492 e. The van der Waals surface area contributed by atoms with Crippen LogP contribution in [-0.2, 0) is 20.7 Å². The van der Waals surface area contributed by atoms with E-state index in [0.717, 1.165) is 75.2 Å². The summed E-state index contributed by atoms with van der Waals surface area (Å²) in [5, 5.41) is 3.00. The second kappa shape index (κ2) is 18.6. The van der Waals surface area contributed by atoms with Crippen molar-refractivity contribution in [3.63, 3.8) is 0 Å². The Morgan fingerprint density at radius 2 is 1.67 bits per heavy atom. The van der Waals surface area contributed by atoms with Gasteiger partial charge in [-0.3, -0.25) is 9.69 Å². The number of amides is 1. The summed E-state index contributed by atoms with van der Waals surface area (Å²) in [6, 6.07) is 6.54. The Morgan fingerprint density at radius 3 is 2.35 bits per heavy atom. The van der Waals surface area contributed by atoms with E-state index in [1.54, 1.807) is 0 Å². The van der Waals surface area contributed by atoms with Gasteiger partial charge in [-0.05, 0) is 111 Å². The fourth-order valence-corrected chi connectivity index (χ4v) is 11.8. The number of halogens is 9. The van der Waals surface area contributed by atoms with E-state index in [-0.39, 0.29) is 30.0 Å². The summed E-state index contributed by atoms with van der Waals surface area (Å²) in [5.41, 5.74) is -4.05. The van der Waals surface area contributed by atoms with Crippen LogP contribution in [0.4, 0.5) is 39.5 Å². The standard InChI is InChI=1S/C37H50BF9N2O4S2/c1-33-13-11-28-27-8-6-26(51-19-15-48-32(50)22-49(16-3-2-14-38)25-12-20-54-55-23-25)21-24(27)5-7-29(28)30(33)9-10-31(33)52-17-4-18-53-34(35(39,40)41,36(42,43)44)37(45,46)47/h6,8,21,25,28-31H,2-5,7,9-20,22-23H2,1H3,(H,48,50). The topological polar surface area (TPSA) is 60.0 Å². The van der Waals surface area contributed by atoms with Gasteiger partial charge in [-0.15, -0.1) is 0 Å². The Hall–Kier alpha value is -1.50. The molecule has 18 heteroatoms. The fourth-order valence-electron chi connectivity index (χ4n) is 9.30. The molecule has 2 radical (unpaired) electrons. The smallest absolute Gasteiger partial charge is 0.435 e. The van der Waals surface area contributed by atoms with Crippen molar-refractivity contribution in [3.8, 4) is 5.75 Å². The van der Waals surface area contributed by atoms with Gasteiger partial charge < -0.3 is 19.5 Å². The molecule has 0 bridgehead atoms. The van der Waals surface area contributed by atoms with Crippen LogP contribution in [0.25, 0.3) is 0 Å². The second-order valence-electron chi connectivity index (χ2n) is 15.3. The number of carbonyl (C=O) groups is 1. The van der Waals surface area contributed by atoms with E-state index in [1.165, 1.54) is 11.1 Å². The highest BCUT2D eigenvalue weighted by atomic mass is 33.1. The summed E-state index contributed by atoms with van der Waals surface area (Å²) >= 11 is 0.